The van der Waals surface area contributed by atoms with Crippen molar-refractivity contribution in [3.05, 3.63) is 64.5 Å². The molecule has 0 aliphatic rings. The number of aromatic amines is 1. The van der Waals surface area contributed by atoms with Gasteiger partial charge in [0.2, 0.25) is 11.6 Å². The van der Waals surface area contributed by atoms with Crippen molar-refractivity contribution in [2.45, 2.75) is 24.1 Å². The summed E-state index contributed by atoms with van der Waals surface area (Å²) in [7, 11) is 1.56. The van der Waals surface area contributed by atoms with Gasteiger partial charge in [-0.15, -0.1) is 0 Å². The van der Waals surface area contributed by atoms with E-state index in [-0.39, 0.29) is 5.91 Å². The zero-order valence-corrected chi connectivity index (χ0v) is 16.0. The molecule has 0 aliphatic heterocycles. The molecular weight excluding hydrogens is 366 g/mol. The second-order valence-electron chi connectivity index (χ2n) is 5.94. The number of hydrogen-bond acceptors (Lipinski definition) is 5. The normalized spacial score (nSPS) is 11.8. The monoisotopic (exact) mass is 386 g/mol. The number of hydrogen-bond donors (Lipinski definition) is 2. The summed E-state index contributed by atoms with van der Waals surface area (Å²) < 4.78 is 11.6. The molecule has 1 amide bonds. The van der Waals surface area contributed by atoms with Gasteiger partial charge in [-0.3, -0.25) is 9.32 Å². The summed E-state index contributed by atoms with van der Waals surface area (Å²) in [5.74, 6) is 0.418. The quantitative estimate of drug-likeness (QED) is 0.502. The minimum atomic E-state index is -0.526. The largest absolute Gasteiger partial charge is 0.497 e. The minimum Gasteiger partial charge on any atom is -0.497 e. The van der Waals surface area contributed by atoms with Gasteiger partial charge in [-0.05, 0) is 47.7 Å². The molecule has 1 heterocycles. The van der Waals surface area contributed by atoms with Gasteiger partial charge in [0.05, 0.1) is 12.4 Å². The summed E-state index contributed by atoms with van der Waals surface area (Å²) in [6.45, 7) is 3.71. The maximum absolute atomic E-state index is 12.5. The van der Waals surface area contributed by atoms with Gasteiger partial charge in [-0.25, -0.2) is 4.79 Å². The molecular formula is C19H20N3O4S+. The number of H-pyrrole nitrogens is 1. The van der Waals surface area contributed by atoms with Crippen LogP contribution in [0.15, 0.2) is 62.9 Å². The van der Waals surface area contributed by atoms with Crippen LogP contribution < -0.4 is 20.4 Å². The standard InChI is InChI=1S/C19H19N3O4S/c1-12-7-9-15(10-8-12)22-18(19(24)26-21-22)27-13(2)17(23)20-14-5-4-6-16(11-14)25-3/h4-11,13H,1-3H3,(H-,20,21,23,24)/p+1. The second-order valence-corrected chi connectivity index (χ2v) is 7.27. The van der Waals surface area contributed by atoms with Crippen molar-refractivity contribution in [2.24, 2.45) is 0 Å². The lowest BCUT2D eigenvalue weighted by Crippen LogP contribution is -2.37. The molecule has 1 unspecified atom stereocenters. The van der Waals surface area contributed by atoms with Gasteiger partial charge in [-0.2, -0.15) is 0 Å². The Hall–Kier alpha value is -3.00. The number of aryl methyl sites for hydroxylation is 1. The fraction of sp³-hybridized carbons (Fsp3) is 0.211. The van der Waals surface area contributed by atoms with Crippen molar-refractivity contribution >= 4 is 23.4 Å². The van der Waals surface area contributed by atoms with Gasteiger partial charge in [0.1, 0.15) is 5.75 Å². The fourth-order valence-corrected chi connectivity index (χ4v) is 3.28. The zero-order valence-electron chi connectivity index (χ0n) is 15.2. The topological polar surface area (TPSA) is 88.2 Å². The van der Waals surface area contributed by atoms with Crippen LogP contribution in [0.3, 0.4) is 0 Å². The third kappa shape index (κ3) is 4.40. The highest BCUT2D eigenvalue weighted by Crippen LogP contribution is 2.21. The molecule has 140 valence electrons. The van der Waals surface area contributed by atoms with E-state index in [0.717, 1.165) is 23.0 Å². The van der Waals surface area contributed by atoms with E-state index >= 15 is 0 Å². The van der Waals surface area contributed by atoms with E-state index < -0.39 is 10.9 Å². The number of benzene rings is 2. The maximum atomic E-state index is 12.5. The maximum Gasteiger partial charge on any atom is 0.442 e. The van der Waals surface area contributed by atoms with E-state index in [1.807, 2.05) is 31.2 Å². The first-order valence-corrected chi connectivity index (χ1v) is 9.18. The SMILES string of the molecule is COc1cccc(NC(=O)C(C)Sc2c(=O)o[nH][n+]2-c2ccc(C)cc2)c1. The first-order valence-electron chi connectivity index (χ1n) is 8.30. The highest BCUT2D eigenvalue weighted by molar-refractivity contribution is 8.00. The molecule has 3 aromatic rings. The Morgan fingerprint density at radius 1 is 1.26 bits per heavy atom. The summed E-state index contributed by atoms with van der Waals surface area (Å²) in [4.78, 5) is 24.6. The van der Waals surface area contributed by atoms with Crippen LogP contribution in [-0.4, -0.2) is 23.5 Å². The summed E-state index contributed by atoms with van der Waals surface area (Å²) in [5.41, 5.74) is 1.95. The Labute approximate surface area is 160 Å². The molecule has 2 aromatic carbocycles. The highest BCUT2D eigenvalue weighted by Gasteiger charge is 2.29. The lowest BCUT2D eigenvalue weighted by atomic mass is 10.2. The van der Waals surface area contributed by atoms with Crippen LogP contribution in [0.2, 0.25) is 0 Å². The number of methoxy groups -OCH3 is 1. The van der Waals surface area contributed by atoms with Gasteiger partial charge in [-0.1, -0.05) is 23.8 Å². The highest BCUT2D eigenvalue weighted by atomic mass is 32.2. The van der Waals surface area contributed by atoms with Crippen molar-refractivity contribution in [1.82, 2.24) is 5.27 Å². The van der Waals surface area contributed by atoms with E-state index in [1.54, 1.807) is 38.3 Å². The van der Waals surface area contributed by atoms with Crippen molar-refractivity contribution in [1.29, 1.82) is 0 Å². The average Bonchev–Trinajstić information content (AvgIpc) is 3.03. The predicted molar refractivity (Wildman–Crippen MR) is 103 cm³/mol. The number of anilines is 1. The number of carbonyl (C=O) groups excluding carboxylic acids is 1. The predicted octanol–water partition coefficient (Wildman–Crippen LogP) is 2.68. The summed E-state index contributed by atoms with van der Waals surface area (Å²) in [6.07, 6.45) is 0. The van der Waals surface area contributed by atoms with Gasteiger partial charge in [0, 0.05) is 23.9 Å². The number of thioether (sulfide) groups is 1. The van der Waals surface area contributed by atoms with Crippen molar-refractivity contribution < 1.29 is 18.7 Å². The van der Waals surface area contributed by atoms with Gasteiger partial charge in [0.25, 0.3) is 0 Å². The molecule has 2 N–H and O–H groups in total. The Bertz CT molecular complexity index is 995. The Morgan fingerprint density at radius 3 is 2.70 bits per heavy atom. The number of amides is 1. The molecule has 0 fully saturated rings. The van der Waals surface area contributed by atoms with Crippen LogP contribution in [0.25, 0.3) is 5.69 Å². The van der Waals surface area contributed by atoms with E-state index in [1.165, 1.54) is 4.68 Å². The van der Waals surface area contributed by atoms with Crippen LogP contribution in [0, 0.1) is 6.92 Å². The first kappa shape index (κ1) is 18.8. The number of nitrogens with zero attached hydrogens (tertiary/aromatic N) is 1. The third-order valence-corrected chi connectivity index (χ3v) is 5.03. The molecule has 27 heavy (non-hydrogen) atoms. The third-order valence-electron chi connectivity index (χ3n) is 3.89. The van der Waals surface area contributed by atoms with Crippen molar-refractivity contribution in [3.8, 4) is 11.4 Å². The van der Waals surface area contributed by atoms with Gasteiger partial charge in [0.15, 0.2) is 0 Å². The van der Waals surface area contributed by atoms with Crippen LogP contribution in [0.4, 0.5) is 5.69 Å². The van der Waals surface area contributed by atoms with E-state index in [9.17, 15) is 9.59 Å². The Morgan fingerprint density at radius 2 is 2.00 bits per heavy atom. The smallest absolute Gasteiger partial charge is 0.442 e. The fourth-order valence-electron chi connectivity index (χ4n) is 2.39. The van der Waals surface area contributed by atoms with Crippen LogP contribution in [-0.2, 0) is 4.79 Å². The Kier molecular flexibility index (Phi) is 5.66. The molecule has 0 bridgehead atoms. The Balaban J connectivity index is 1.76. The molecule has 8 heteroatoms. The molecule has 3 rings (SSSR count). The summed E-state index contributed by atoms with van der Waals surface area (Å²) in [6, 6.07) is 14.7. The number of rotatable bonds is 6. The lowest BCUT2D eigenvalue weighted by Gasteiger charge is -2.10. The number of carbonyl (C=O) groups is 1. The number of aromatic nitrogens is 2. The number of ether oxygens (including phenoxy) is 1. The van der Waals surface area contributed by atoms with Crippen LogP contribution in [0.1, 0.15) is 12.5 Å². The molecule has 1 atom stereocenters. The molecule has 7 nitrogen and oxygen atoms in total. The number of nitrogens with one attached hydrogen (secondary N) is 2. The van der Waals surface area contributed by atoms with Crippen molar-refractivity contribution in [2.75, 3.05) is 12.4 Å². The molecule has 0 radical (unpaired) electrons. The van der Waals surface area contributed by atoms with E-state index in [4.69, 9.17) is 9.26 Å². The van der Waals surface area contributed by atoms with E-state index in [0.29, 0.717) is 16.5 Å². The zero-order chi connectivity index (χ0) is 19.4. The average molecular weight is 386 g/mol. The van der Waals surface area contributed by atoms with Crippen LogP contribution >= 0.6 is 11.8 Å². The van der Waals surface area contributed by atoms with Gasteiger partial charge >= 0.3 is 10.7 Å². The molecule has 0 spiro atoms. The summed E-state index contributed by atoms with van der Waals surface area (Å²) >= 11 is 1.12. The molecule has 0 saturated carbocycles. The van der Waals surface area contributed by atoms with Crippen molar-refractivity contribution in [3.63, 3.8) is 0 Å². The molecule has 1 aromatic heterocycles. The molecule has 0 aliphatic carbocycles. The van der Waals surface area contributed by atoms with Gasteiger partial charge < -0.3 is 10.1 Å². The lowest BCUT2D eigenvalue weighted by molar-refractivity contribution is -0.704. The second kappa shape index (κ2) is 8.13. The van der Waals surface area contributed by atoms with E-state index in [2.05, 4.69) is 10.6 Å². The molecule has 0 saturated heterocycles. The first-order chi connectivity index (χ1) is 13.0. The summed E-state index contributed by atoms with van der Waals surface area (Å²) in [5, 5.41) is 5.18. The minimum absolute atomic E-state index is 0.232. The van der Waals surface area contributed by atoms with Crippen LogP contribution in [0.5, 0.6) is 5.75 Å².